The van der Waals surface area contributed by atoms with Gasteiger partial charge in [0.25, 0.3) is 0 Å². The van der Waals surface area contributed by atoms with Gasteiger partial charge in [0, 0.05) is 25.2 Å². The van der Waals surface area contributed by atoms with Crippen molar-refractivity contribution >= 4 is 5.69 Å². The molecule has 1 fully saturated rings. The van der Waals surface area contributed by atoms with Crippen molar-refractivity contribution in [2.45, 2.75) is 26.3 Å². The van der Waals surface area contributed by atoms with Crippen molar-refractivity contribution < 1.29 is 4.74 Å². The zero-order chi connectivity index (χ0) is 12.4. The summed E-state index contributed by atoms with van der Waals surface area (Å²) in [6, 6.07) is 6.44. The number of fused-ring (bicyclic) bond motifs is 1. The third kappa shape index (κ3) is 2.46. The molecule has 1 N–H and O–H groups in total. The van der Waals surface area contributed by atoms with E-state index in [4.69, 9.17) is 4.74 Å². The lowest BCUT2D eigenvalue weighted by Crippen LogP contribution is -2.34. The average Bonchev–Trinajstić information content (AvgIpc) is 2.39. The number of hydrogen-bond acceptors (Lipinski definition) is 3. The van der Waals surface area contributed by atoms with Crippen LogP contribution in [0.3, 0.4) is 0 Å². The molecule has 0 radical (unpaired) electrons. The van der Waals surface area contributed by atoms with Crippen molar-refractivity contribution in [2.24, 2.45) is 5.92 Å². The highest BCUT2D eigenvalue weighted by Gasteiger charge is 2.19. The molecule has 2 aliphatic heterocycles. The first-order valence-corrected chi connectivity index (χ1v) is 7.04. The predicted molar refractivity (Wildman–Crippen MR) is 74.1 cm³/mol. The number of likely N-dealkylation sites (tertiary alicyclic amines) is 1. The van der Waals surface area contributed by atoms with E-state index in [1.165, 1.54) is 31.5 Å². The summed E-state index contributed by atoms with van der Waals surface area (Å²) in [6.07, 6.45) is 2.71. The van der Waals surface area contributed by atoms with Crippen LogP contribution in [0, 0.1) is 5.92 Å². The second kappa shape index (κ2) is 5.19. The topological polar surface area (TPSA) is 24.5 Å². The van der Waals surface area contributed by atoms with Gasteiger partial charge in [0.05, 0.1) is 5.69 Å². The van der Waals surface area contributed by atoms with Crippen LogP contribution in [-0.2, 0) is 6.54 Å². The van der Waals surface area contributed by atoms with Crippen molar-refractivity contribution in [2.75, 3.05) is 31.6 Å². The fraction of sp³-hybridized carbons (Fsp3) is 0.600. The Hall–Kier alpha value is -1.22. The van der Waals surface area contributed by atoms with Crippen molar-refractivity contribution in [1.82, 2.24) is 4.90 Å². The molecule has 1 saturated heterocycles. The molecule has 1 atom stereocenters. The first-order valence-electron chi connectivity index (χ1n) is 7.04. The highest BCUT2D eigenvalue weighted by molar-refractivity contribution is 5.61. The molecular formula is C15H22N2O. The van der Waals surface area contributed by atoms with Crippen LogP contribution in [0.5, 0.6) is 5.75 Å². The Labute approximate surface area is 109 Å². The first kappa shape index (κ1) is 11.8. The third-order valence-corrected chi connectivity index (χ3v) is 3.90. The summed E-state index contributed by atoms with van der Waals surface area (Å²) < 4.78 is 5.83. The fourth-order valence-corrected chi connectivity index (χ4v) is 3.03. The Kier molecular flexibility index (Phi) is 3.41. The Morgan fingerprint density at radius 2 is 2.39 bits per heavy atom. The van der Waals surface area contributed by atoms with Gasteiger partial charge in [0.2, 0.25) is 0 Å². The van der Waals surface area contributed by atoms with Gasteiger partial charge in [0.1, 0.15) is 12.4 Å². The molecular weight excluding hydrogens is 224 g/mol. The molecule has 1 aromatic rings. The van der Waals surface area contributed by atoms with Crippen LogP contribution in [-0.4, -0.2) is 31.1 Å². The van der Waals surface area contributed by atoms with Crippen molar-refractivity contribution in [3.63, 3.8) is 0 Å². The van der Waals surface area contributed by atoms with Crippen molar-refractivity contribution in [1.29, 1.82) is 0 Å². The third-order valence-electron chi connectivity index (χ3n) is 3.90. The molecule has 2 heterocycles. The molecule has 1 aromatic carbocycles. The number of benzene rings is 1. The summed E-state index contributed by atoms with van der Waals surface area (Å²) >= 11 is 0. The van der Waals surface area contributed by atoms with Crippen LogP contribution in [0.25, 0.3) is 0 Å². The standard InChI is InChI=1S/C15H22N2O/c1-12-4-3-8-17(10-12)11-13-5-2-6-14-15(13)18-9-7-16-14/h2,5-6,12,16H,3-4,7-11H2,1H3. The smallest absolute Gasteiger partial charge is 0.146 e. The lowest BCUT2D eigenvalue weighted by atomic mass is 9.99. The van der Waals surface area contributed by atoms with E-state index < -0.39 is 0 Å². The summed E-state index contributed by atoms with van der Waals surface area (Å²) in [5.41, 5.74) is 2.48. The zero-order valence-electron chi connectivity index (χ0n) is 11.1. The minimum atomic E-state index is 0.778. The first-order chi connectivity index (χ1) is 8.83. The van der Waals surface area contributed by atoms with E-state index in [1.807, 2.05) is 0 Å². The quantitative estimate of drug-likeness (QED) is 0.868. The van der Waals surface area contributed by atoms with Gasteiger partial charge in [-0.15, -0.1) is 0 Å². The van der Waals surface area contributed by atoms with E-state index in [0.717, 1.165) is 37.1 Å². The second-order valence-corrected chi connectivity index (χ2v) is 5.55. The van der Waals surface area contributed by atoms with E-state index in [2.05, 4.69) is 35.3 Å². The monoisotopic (exact) mass is 246 g/mol. The molecule has 2 aliphatic rings. The molecule has 3 nitrogen and oxygen atoms in total. The summed E-state index contributed by atoms with van der Waals surface area (Å²) in [5.74, 6) is 1.90. The van der Waals surface area contributed by atoms with E-state index in [9.17, 15) is 0 Å². The number of hydrogen-bond donors (Lipinski definition) is 1. The van der Waals surface area contributed by atoms with Crippen LogP contribution in [0.1, 0.15) is 25.3 Å². The van der Waals surface area contributed by atoms with Gasteiger partial charge >= 0.3 is 0 Å². The van der Waals surface area contributed by atoms with Gasteiger partial charge in [-0.25, -0.2) is 0 Å². The molecule has 0 amide bonds. The number of piperidine rings is 1. The van der Waals surface area contributed by atoms with Gasteiger partial charge in [-0.1, -0.05) is 19.1 Å². The fourth-order valence-electron chi connectivity index (χ4n) is 3.03. The molecule has 0 saturated carbocycles. The highest BCUT2D eigenvalue weighted by atomic mass is 16.5. The molecule has 0 bridgehead atoms. The number of anilines is 1. The van der Waals surface area contributed by atoms with Crippen LogP contribution in [0.4, 0.5) is 5.69 Å². The number of para-hydroxylation sites is 1. The summed E-state index contributed by atoms with van der Waals surface area (Å²) in [4.78, 5) is 2.56. The van der Waals surface area contributed by atoms with E-state index in [0.29, 0.717) is 0 Å². The minimum absolute atomic E-state index is 0.778. The molecule has 0 aliphatic carbocycles. The van der Waals surface area contributed by atoms with Crippen molar-refractivity contribution in [3.8, 4) is 5.75 Å². The van der Waals surface area contributed by atoms with Gasteiger partial charge in [-0.05, 0) is 31.4 Å². The molecule has 18 heavy (non-hydrogen) atoms. The SMILES string of the molecule is CC1CCCN(Cc2cccc3c2OCCN3)C1. The summed E-state index contributed by atoms with van der Waals surface area (Å²) in [7, 11) is 0. The van der Waals surface area contributed by atoms with E-state index in [1.54, 1.807) is 0 Å². The van der Waals surface area contributed by atoms with Gasteiger partial charge < -0.3 is 10.1 Å². The van der Waals surface area contributed by atoms with Gasteiger partial charge in [-0.2, -0.15) is 0 Å². The molecule has 1 unspecified atom stereocenters. The van der Waals surface area contributed by atoms with E-state index >= 15 is 0 Å². The lowest BCUT2D eigenvalue weighted by molar-refractivity contribution is 0.174. The second-order valence-electron chi connectivity index (χ2n) is 5.55. The van der Waals surface area contributed by atoms with Crippen LogP contribution < -0.4 is 10.1 Å². The van der Waals surface area contributed by atoms with Crippen LogP contribution in [0.15, 0.2) is 18.2 Å². The Bertz CT molecular complexity index is 419. The minimum Gasteiger partial charge on any atom is -0.489 e. The Balaban J connectivity index is 1.76. The average molecular weight is 246 g/mol. The maximum absolute atomic E-state index is 5.83. The molecule has 3 heteroatoms. The number of ether oxygens (including phenoxy) is 1. The van der Waals surface area contributed by atoms with Crippen LogP contribution in [0.2, 0.25) is 0 Å². The van der Waals surface area contributed by atoms with Crippen molar-refractivity contribution in [3.05, 3.63) is 23.8 Å². The Morgan fingerprint density at radius 3 is 3.28 bits per heavy atom. The normalized spacial score (nSPS) is 23.9. The summed E-state index contributed by atoms with van der Waals surface area (Å²) in [6.45, 7) is 7.51. The maximum Gasteiger partial charge on any atom is 0.146 e. The largest absolute Gasteiger partial charge is 0.489 e. The molecule has 3 rings (SSSR count). The summed E-state index contributed by atoms with van der Waals surface area (Å²) in [5, 5.41) is 3.41. The van der Waals surface area contributed by atoms with Gasteiger partial charge in [-0.3, -0.25) is 4.90 Å². The maximum atomic E-state index is 5.83. The van der Waals surface area contributed by atoms with Gasteiger partial charge in [0.15, 0.2) is 0 Å². The number of nitrogens with one attached hydrogen (secondary N) is 1. The highest BCUT2D eigenvalue weighted by Crippen LogP contribution is 2.32. The van der Waals surface area contributed by atoms with Crippen LogP contribution >= 0.6 is 0 Å². The number of nitrogens with zero attached hydrogens (tertiary/aromatic N) is 1. The number of rotatable bonds is 2. The lowest BCUT2D eigenvalue weighted by Gasteiger charge is -2.32. The predicted octanol–water partition coefficient (Wildman–Crippen LogP) is 2.72. The Morgan fingerprint density at radius 1 is 1.44 bits per heavy atom. The molecule has 0 spiro atoms. The zero-order valence-corrected chi connectivity index (χ0v) is 11.1. The molecule has 98 valence electrons. The van der Waals surface area contributed by atoms with E-state index in [-0.39, 0.29) is 0 Å². The molecule has 0 aromatic heterocycles.